The number of phenolic OH excluding ortho intramolecular Hbond substituents is 1. The van der Waals surface area contributed by atoms with Crippen molar-refractivity contribution in [3.63, 3.8) is 0 Å². The number of urea groups is 1. The predicted octanol–water partition coefficient (Wildman–Crippen LogP) is 2.93. The number of aromatic hydroxyl groups is 1. The molecule has 2 aromatic rings. The number of phenols is 1. The standard InChI is InChI=1S/C16H15N3O4/c1-22-11-6-7-12(14(8-11)23-2)18-16(21)19-13-5-3-4-10(9-17)15(13)20/h3-8,20H,1-2H3,(H2,18,19,21). The molecule has 2 amide bonds. The van der Waals surface area contributed by atoms with Crippen LogP contribution < -0.4 is 20.1 Å². The quantitative estimate of drug-likeness (QED) is 0.753. The Kier molecular flexibility index (Phi) is 4.89. The third-order valence-electron chi connectivity index (χ3n) is 3.06. The number of carbonyl (C=O) groups is 1. The van der Waals surface area contributed by atoms with Gasteiger partial charge in [-0.2, -0.15) is 5.26 Å². The topological polar surface area (TPSA) is 104 Å². The van der Waals surface area contributed by atoms with Gasteiger partial charge in [0.15, 0.2) is 5.75 Å². The Bertz CT molecular complexity index is 768. The zero-order valence-electron chi connectivity index (χ0n) is 12.6. The molecule has 0 radical (unpaired) electrons. The van der Waals surface area contributed by atoms with Crippen LogP contribution in [-0.4, -0.2) is 25.4 Å². The number of ether oxygens (including phenoxy) is 2. The van der Waals surface area contributed by atoms with Crippen molar-refractivity contribution in [1.29, 1.82) is 5.26 Å². The summed E-state index contributed by atoms with van der Waals surface area (Å²) >= 11 is 0. The van der Waals surface area contributed by atoms with Crippen LogP contribution in [0.1, 0.15) is 5.56 Å². The number of carbonyl (C=O) groups excluding carboxylic acids is 1. The second-order valence-corrected chi connectivity index (χ2v) is 4.46. The van der Waals surface area contributed by atoms with E-state index in [0.717, 1.165) is 0 Å². The van der Waals surface area contributed by atoms with Crippen molar-refractivity contribution >= 4 is 17.4 Å². The van der Waals surface area contributed by atoms with Gasteiger partial charge in [-0.3, -0.25) is 0 Å². The molecule has 118 valence electrons. The molecule has 0 atom stereocenters. The lowest BCUT2D eigenvalue weighted by atomic mass is 10.2. The Hall–Kier alpha value is -3.40. The van der Waals surface area contributed by atoms with Crippen LogP contribution in [0.5, 0.6) is 17.2 Å². The summed E-state index contributed by atoms with van der Waals surface area (Å²) in [5, 5.41) is 23.8. The molecule has 2 rings (SSSR count). The molecule has 0 saturated heterocycles. The smallest absolute Gasteiger partial charge is 0.323 e. The van der Waals surface area contributed by atoms with Gasteiger partial charge in [-0.25, -0.2) is 4.79 Å². The SMILES string of the molecule is COc1ccc(NC(=O)Nc2cccc(C#N)c2O)c(OC)c1. The molecule has 3 N–H and O–H groups in total. The van der Waals surface area contributed by atoms with Gasteiger partial charge >= 0.3 is 6.03 Å². The van der Waals surface area contributed by atoms with E-state index in [1.807, 2.05) is 6.07 Å². The van der Waals surface area contributed by atoms with Crippen LogP contribution in [0.15, 0.2) is 36.4 Å². The molecule has 0 aliphatic carbocycles. The fraction of sp³-hybridized carbons (Fsp3) is 0.125. The van der Waals surface area contributed by atoms with Crippen molar-refractivity contribution in [2.75, 3.05) is 24.9 Å². The van der Waals surface area contributed by atoms with Crippen LogP contribution >= 0.6 is 0 Å². The van der Waals surface area contributed by atoms with Gasteiger partial charge in [-0.15, -0.1) is 0 Å². The molecular formula is C16H15N3O4. The van der Waals surface area contributed by atoms with Crippen LogP contribution in [0, 0.1) is 11.3 Å². The Morgan fingerprint density at radius 1 is 1.13 bits per heavy atom. The fourth-order valence-corrected chi connectivity index (χ4v) is 1.91. The normalized spacial score (nSPS) is 9.61. The highest BCUT2D eigenvalue weighted by Gasteiger charge is 2.12. The molecule has 0 fully saturated rings. The van der Waals surface area contributed by atoms with Crippen molar-refractivity contribution in [1.82, 2.24) is 0 Å². The van der Waals surface area contributed by atoms with E-state index < -0.39 is 6.03 Å². The number of hydrogen-bond acceptors (Lipinski definition) is 5. The summed E-state index contributed by atoms with van der Waals surface area (Å²) in [5.41, 5.74) is 0.639. The average molecular weight is 313 g/mol. The minimum Gasteiger partial charge on any atom is -0.504 e. The molecule has 0 spiro atoms. The van der Waals surface area contributed by atoms with Crippen molar-refractivity contribution in [3.05, 3.63) is 42.0 Å². The van der Waals surface area contributed by atoms with Gasteiger partial charge in [0.1, 0.15) is 17.6 Å². The third-order valence-corrected chi connectivity index (χ3v) is 3.06. The van der Waals surface area contributed by atoms with Gasteiger partial charge in [0.25, 0.3) is 0 Å². The number of nitrogens with one attached hydrogen (secondary N) is 2. The molecular weight excluding hydrogens is 298 g/mol. The average Bonchev–Trinajstić information content (AvgIpc) is 2.57. The highest BCUT2D eigenvalue weighted by molar-refractivity contribution is 6.01. The minimum atomic E-state index is -0.584. The Morgan fingerprint density at radius 3 is 2.52 bits per heavy atom. The maximum Gasteiger partial charge on any atom is 0.323 e. The molecule has 7 heteroatoms. The monoisotopic (exact) mass is 313 g/mol. The van der Waals surface area contributed by atoms with E-state index in [-0.39, 0.29) is 17.0 Å². The van der Waals surface area contributed by atoms with Gasteiger partial charge in [0.2, 0.25) is 0 Å². The first-order chi connectivity index (χ1) is 11.1. The number of hydrogen-bond donors (Lipinski definition) is 3. The second kappa shape index (κ2) is 7.04. The van der Waals surface area contributed by atoms with Crippen LogP contribution in [0.2, 0.25) is 0 Å². The number of nitriles is 1. The fourth-order valence-electron chi connectivity index (χ4n) is 1.91. The minimum absolute atomic E-state index is 0.0739. The maximum absolute atomic E-state index is 12.1. The third kappa shape index (κ3) is 3.63. The van der Waals surface area contributed by atoms with Gasteiger partial charge in [0, 0.05) is 6.07 Å². The number of methoxy groups -OCH3 is 2. The molecule has 0 heterocycles. The Balaban J connectivity index is 2.16. The lowest BCUT2D eigenvalue weighted by Gasteiger charge is -2.13. The van der Waals surface area contributed by atoms with E-state index in [2.05, 4.69) is 10.6 Å². The summed E-state index contributed by atoms with van der Waals surface area (Å²) in [6.07, 6.45) is 0. The summed E-state index contributed by atoms with van der Waals surface area (Å²) < 4.78 is 10.3. The molecule has 0 bridgehead atoms. The summed E-state index contributed by atoms with van der Waals surface area (Å²) in [7, 11) is 3.00. The highest BCUT2D eigenvalue weighted by Crippen LogP contribution is 2.30. The number of nitrogens with zero attached hydrogens (tertiary/aromatic N) is 1. The zero-order chi connectivity index (χ0) is 16.8. The first-order valence-corrected chi connectivity index (χ1v) is 6.61. The first-order valence-electron chi connectivity index (χ1n) is 6.61. The molecule has 0 aliphatic rings. The second-order valence-electron chi connectivity index (χ2n) is 4.46. The summed E-state index contributed by atoms with van der Waals surface area (Å²) in [4.78, 5) is 12.1. The van der Waals surface area contributed by atoms with Gasteiger partial charge < -0.3 is 25.2 Å². The number of para-hydroxylation sites is 1. The lowest BCUT2D eigenvalue weighted by molar-refractivity contribution is 0.262. The molecule has 0 aliphatic heterocycles. The Morgan fingerprint density at radius 2 is 1.87 bits per heavy atom. The predicted molar refractivity (Wildman–Crippen MR) is 85.0 cm³/mol. The van der Waals surface area contributed by atoms with Crippen molar-refractivity contribution in [3.8, 4) is 23.3 Å². The highest BCUT2D eigenvalue weighted by atomic mass is 16.5. The number of rotatable bonds is 4. The lowest BCUT2D eigenvalue weighted by Crippen LogP contribution is -2.20. The zero-order valence-corrected chi connectivity index (χ0v) is 12.6. The van der Waals surface area contributed by atoms with E-state index in [4.69, 9.17) is 14.7 Å². The summed E-state index contributed by atoms with van der Waals surface area (Å²) in [6, 6.07) is 10.7. The first kappa shape index (κ1) is 16.0. The van der Waals surface area contributed by atoms with Crippen LogP contribution in [0.25, 0.3) is 0 Å². The van der Waals surface area contributed by atoms with E-state index in [1.165, 1.54) is 26.4 Å². The Labute approximate surface area is 133 Å². The summed E-state index contributed by atoms with van der Waals surface area (Å²) in [6.45, 7) is 0. The number of anilines is 2. The van der Waals surface area contributed by atoms with Gasteiger partial charge in [0.05, 0.1) is 31.2 Å². The molecule has 0 saturated carbocycles. The van der Waals surface area contributed by atoms with Crippen molar-refractivity contribution in [2.24, 2.45) is 0 Å². The van der Waals surface area contributed by atoms with Gasteiger partial charge in [-0.05, 0) is 24.3 Å². The van der Waals surface area contributed by atoms with Gasteiger partial charge in [-0.1, -0.05) is 6.07 Å². The largest absolute Gasteiger partial charge is 0.504 e. The number of amides is 2. The molecule has 7 nitrogen and oxygen atoms in total. The van der Waals surface area contributed by atoms with Crippen LogP contribution in [-0.2, 0) is 0 Å². The maximum atomic E-state index is 12.1. The van der Waals surface area contributed by atoms with Crippen LogP contribution in [0.3, 0.4) is 0 Å². The van der Waals surface area contributed by atoms with E-state index in [0.29, 0.717) is 17.2 Å². The van der Waals surface area contributed by atoms with E-state index >= 15 is 0 Å². The van der Waals surface area contributed by atoms with Crippen molar-refractivity contribution < 1.29 is 19.4 Å². The molecule has 23 heavy (non-hydrogen) atoms. The number of benzene rings is 2. The van der Waals surface area contributed by atoms with E-state index in [9.17, 15) is 9.90 Å². The van der Waals surface area contributed by atoms with Crippen molar-refractivity contribution in [2.45, 2.75) is 0 Å². The van der Waals surface area contributed by atoms with Crippen LogP contribution in [0.4, 0.5) is 16.2 Å². The molecule has 0 unspecified atom stereocenters. The molecule has 2 aromatic carbocycles. The molecule has 0 aromatic heterocycles. The summed E-state index contributed by atoms with van der Waals surface area (Å²) in [5.74, 6) is 0.730. The van der Waals surface area contributed by atoms with E-state index in [1.54, 1.807) is 24.3 Å².